The molecule has 2 fully saturated rings. The molecule has 1 spiro atoms. The minimum Gasteiger partial charge on any atom is -0.380 e. The topological polar surface area (TPSA) is 63.2 Å². The molecule has 1 aliphatic carbocycles. The fourth-order valence-electron chi connectivity index (χ4n) is 4.36. The molecule has 7 heteroatoms. The molecule has 30 heavy (non-hydrogen) atoms. The predicted octanol–water partition coefficient (Wildman–Crippen LogP) is 5.04. The van der Waals surface area contributed by atoms with Crippen LogP contribution >= 0.6 is 23.1 Å². The lowest BCUT2D eigenvalue weighted by Gasteiger charge is -2.35. The molecule has 1 aromatic carbocycles. The van der Waals surface area contributed by atoms with Gasteiger partial charge < -0.3 is 15.4 Å². The van der Waals surface area contributed by atoms with E-state index in [0.717, 1.165) is 59.5 Å². The summed E-state index contributed by atoms with van der Waals surface area (Å²) in [6.07, 6.45) is 5.84. The average molecular weight is 440 g/mol. The molecule has 0 bridgehead atoms. The maximum atomic E-state index is 12.9. The SMILES string of the molecule is O=C(N[C@H]1CC[C@]2(CC1)OCCS2)c1sccc1NCc1ccnc2ccccc12. The average Bonchev–Trinajstić information content (AvgIpc) is 3.44. The van der Waals surface area contributed by atoms with E-state index in [1.54, 1.807) is 0 Å². The molecule has 2 aromatic heterocycles. The van der Waals surface area contributed by atoms with E-state index >= 15 is 0 Å². The second-order valence-corrected chi connectivity index (χ2v) is 10.2. The second-order valence-electron chi connectivity index (χ2n) is 7.86. The van der Waals surface area contributed by atoms with Crippen molar-refractivity contribution in [3.8, 4) is 0 Å². The third kappa shape index (κ3) is 4.06. The summed E-state index contributed by atoms with van der Waals surface area (Å²) in [6.45, 7) is 1.51. The number of pyridine rings is 1. The van der Waals surface area contributed by atoms with Gasteiger partial charge in [0, 0.05) is 29.9 Å². The first-order chi connectivity index (χ1) is 14.7. The lowest BCUT2D eigenvalue weighted by Crippen LogP contribution is -2.42. The van der Waals surface area contributed by atoms with Gasteiger partial charge >= 0.3 is 0 Å². The minimum atomic E-state index is 0.0180. The molecule has 1 amide bonds. The lowest BCUT2D eigenvalue weighted by molar-refractivity contribution is 0.0174. The van der Waals surface area contributed by atoms with Crippen molar-refractivity contribution in [2.45, 2.75) is 43.2 Å². The number of nitrogens with zero attached hydrogens (tertiary/aromatic N) is 1. The number of thiophene rings is 1. The molecule has 2 N–H and O–H groups in total. The Bertz CT molecular complexity index is 1030. The minimum absolute atomic E-state index is 0.0180. The van der Waals surface area contributed by atoms with Gasteiger partial charge in [-0.15, -0.1) is 23.1 Å². The predicted molar refractivity (Wildman–Crippen MR) is 124 cm³/mol. The first-order valence-corrected chi connectivity index (χ1v) is 12.3. The Morgan fingerprint density at radius 2 is 2.07 bits per heavy atom. The van der Waals surface area contributed by atoms with Crippen molar-refractivity contribution in [1.82, 2.24) is 10.3 Å². The summed E-state index contributed by atoms with van der Waals surface area (Å²) in [5.74, 6) is 1.11. The van der Waals surface area contributed by atoms with Crippen LogP contribution in [-0.2, 0) is 11.3 Å². The summed E-state index contributed by atoms with van der Waals surface area (Å²) in [5.41, 5.74) is 3.05. The number of fused-ring (bicyclic) bond motifs is 1. The highest BCUT2D eigenvalue weighted by atomic mass is 32.2. The van der Waals surface area contributed by atoms with Crippen LogP contribution in [0.3, 0.4) is 0 Å². The molecule has 0 atom stereocenters. The van der Waals surface area contributed by atoms with Crippen molar-refractivity contribution in [3.05, 3.63) is 58.4 Å². The summed E-state index contributed by atoms with van der Waals surface area (Å²) in [6, 6.07) is 12.4. The van der Waals surface area contributed by atoms with Gasteiger partial charge in [0.25, 0.3) is 5.91 Å². The molecular weight excluding hydrogens is 414 g/mol. The number of carbonyl (C=O) groups excluding carboxylic acids is 1. The Morgan fingerprint density at radius 1 is 1.20 bits per heavy atom. The quantitative estimate of drug-likeness (QED) is 0.583. The number of aromatic nitrogens is 1. The van der Waals surface area contributed by atoms with Crippen LogP contribution in [0.5, 0.6) is 0 Å². The lowest BCUT2D eigenvalue weighted by atomic mass is 9.92. The number of hydrogen-bond donors (Lipinski definition) is 2. The summed E-state index contributed by atoms with van der Waals surface area (Å²) < 4.78 is 5.97. The van der Waals surface area contributed by atoms with E-state index in [0.29, 0.717) is 6.54 Å². The molecule has 1 aliphatic heterocycles. The van der Waals surface area contributed by atoms with Crippen molar-refractivity contribution < 1.29 is 9.53 Å². The van der Waals surface area contributed by atoms with Gasteiger partial charge in [-0.3, -0.25) is 9.78 Å². The number of rotatable bonds is 5. The van der Waals surface area contributed by atoms with Crippen molar-refractivity contribution >= 4 is 45.6 Å². The van der Waals surface area contributed by atoms with Crippen LogP contribution in [0.2, 0.25) is 0 Å². The highest BCUT2D eigenvalue weighted by Crippen LogP contribution is 2.44. The molecular formula is C23H25N3O2S2. The summed E-state index contributed by atoms with van der Waals surface area (Å²) >= 11 is 3.43. The van der Waals surface area contributed by atoms with Crippen LogP contribution in [0.25, 0.3) is 10.9 Å². The van der Waals surface area contributed by atoms with E-state index in [-0.39, 0.29) is 16.9 Å². The number of anilines is 1. The molecule has 0 unspecified atom stereocenters. The smallest absolute Gasteiger partial charge is 0.263 e. The van der Waals surface area contributed by atoms with Crippen LogP contribution in [-0.4, -0.2) is 34.2 Å². The van der Waals surface area contributed by atoms with Gasteiger partial charge in [-0.25, -0.2) is 0 Å². The van der Waals surface area contributed by atoms with Gasteiger partial charge in [-0.1, -0.05) is 18.2 Å². The number of amides is 1. The van der Waals surface area contributed by atoms with Crippen LogP contribution in [0, 0.1) is 0 Å². The number of thioether (sulfide) groups is 1. The Morgan fingerprint density at radius 3 is 2.90 bits per heavy atom. The van der Waals surface area contributed by atoms with Crippen LogP contribution in [0.1, 0.15) is 40.9 Å². The normalized spacial score (nSPS) is 23.7. The molecule has 156 valence electrons. The number of nitrogens with one attached hydrogen (secondary N) is 2. The van der Waals surface area contributed by atoms with Crippen molar-refractivity contribution in [2.24, 2.45) is 0 Å². The second kappa shape index (κ2) is 8.57. The Hall–Kier alpha value is -2.09. The first-order valence-electron chi connectivity index (χ1n) is 10.5. The fraction of sp³-hybridized carbons (Fsp3) is 0.391. The first kappa shape index (κ1) is 19.8. The number of para-hydroxylation sites is 1. The van der Waals surface area contributed by atoms with E-state index in [1.807, 2.05) is 53.7 Å². The van der Waals surface area contributed by atoms with E-state index in [4.69, 9.17) is 4.74 Å². The van der Waals surface area contributed by atoms with E-state index in [1.165, 1.54) is 16.9 Å². The van der Waals surface area contributed by atoms with Crippen LogP contribution < -0.4 is 10.6 Å². The molecule has 3 aromatic rings. The fourth-order valence-corrected chi connectivity index (χ4v) is 6.37. The van der Waals surface area contributed by atoms with Gasteiger partial charge in [-0.2, -0.15) is 0 Å². The van der Waals surface area contributed by atoms with E-state index < -0.39 is 0 Å². The van der Waals surface area contributed by atoms with Gasteiger partial charge in [0.2, 0.25) is 0 Å². The molecule has 2 aliphatic rings. The molecule has 5 nitrogen and oxygen atoms in total. The van der Waals surface area contributed by atoms with Gasteiger partial charge in [-0.05, 0) is 54.8 Å². The highest BCUT2D eigenvalue weighted by molar-refractivity contribution is 8.00. The Labute approximate surface area is 184 Å². The van der Waals surface area contributed by atoms with Crippen molar-refractivity contribution in [3.63, 3.8) is 0 Å². The Kier molecular flexibility index (Phi) is 5.67. The Balaban J connectivity index is 1.22. The molecule has 5 rings (SSSR count). The van der Waals surface area contributed by atoms with Gasteiger partial charge in [0.15, 0.2) is 0 Å². The number of benzene rings is 1. The third-order valence-corrected chi connectivity index (χ3v) is 8.31. The summed E-state index contributed by atoms with van der Waals surface area (Å²) in [4.78, 5) is 18.1. The van der Waals surface area contributed by atoms with Crippen LogP contribution in [0.4, 0.5) is 5.69 Å². The molecule has 0 radical (unpaired) electrons. The van der Waals surface area contributed by atoms with E-state index in [2.05, 4.69) is 21.7 Å². The maximum absolute atomic E-state index is 12.9. The monoisotopic (exact) mass is 439 g/mol. The molecule has 1 saturated heterocycles. The number of hydrogen-bond acceptors (Lipinski definition) is 6. The molecule has 3 heterocycles. The zero-order valence-electron chi connectivity index (χ0n) is 16.7. The number of ether oxygens (including phenoxy) is 1. The van der Waals surface area contributed by atoms with Crippen LogP contribution in [0.15, 0.2) is 48.0 Å². The largest absolute Gasteiger partial charge is 0.380 e. The van der Waals surface area contributed by atoms with Gasteiger partial charge in [0.05, 0.1) is 17.8 Å². The van der Waals surface area contributed by atoms with Crippen molar-refractivity contribution in [1.29, 1.82) is 0 Å². The van der Waals surface area contributed by atoms with Gasteiger partial charge in [0.1, 0.15) is 9.81 Å². The summed E-state index contributed by atoms with van der Waals surface area (Å²) in [5, 5.41) is 9.82. The third-order valence-electron chi connectivity index (χ3n) is 5.98. The zero-order chi connectivity index (χ0) is 20.4. The molecule has 1 saturated carbocycles. The van der Waals surface area contributed by atoms with Crippen molar-refractivity contribution in [2.75, 3.05) is 17.7 Å². The summed E-state index contributed by atoms with van der Waals surface area (Å²) in [7, 11) is 0. The maximum Gasteiger partial charge on any atom is 0.263 e. The highest BCUT2D eigenvalue weighted by Gasteiger charge is 2.40. The number of carbonyl (C=O) groups is 1. The zero-order valence-corrected chi connectivity index (χ0v) is 18.4. The standard InChI is InChI=1S/C23H25N3O2S2/c27-22(26-17-5-9-23(10-6-17)28-12-14-30-23)21-20(8-13-29-21)25-15-16-7-11-24-19-4-2-1-3-18(16)19/h1-4,7-8,11,13,17,25H,5-6,9-10,12,14-15H2,(H,26,27)/t17-,23-. The van der Waals surface area contributed by atoms with E-state index in [9.17, 15) is 4.79 Å².